The summed E-state index contributed by atoms with van der Waals surface area (Å²) in [6.45, 7) is 0.530. The fraction of sp³-hybridized carbons (Fsp3) is 0.273. The van der Waals surface area contributed by atoms with Crippen LogP contribution in [0.25, 0.3) is 10.9 Å². The van der Waals surface area contributed by atoms with Gasteiger partial charge in [-0.2, -0.15) is 0 Å². The Balaban J connectivity index is 1.48. The van der Waals surface area contributed by atoms with Gasteiger partial charge in [-0.25, -0.2) is 18.0 Å². The lowest BCUT2D eigenvalue weighted by Gasteiger charge is -2.25. The standard InChI is InChI=1S/C22H23ClN4O4S/c23-15-5-3-7-17(13-15)32(30,31)12-10-16-6-4-11-26(16)22(29)25-19-14-27(21(24)28)20-9-2-1-8-18(19)20/h1-3,5,7-9,13-14,16H,4,6,10-12H2,(H2,24,28)(H,25,29)/t16-/m0/s1. The number of nitrogens with two attached hydrogens (primary N) is 1. The minimum Gasteiger partial charge on any atom is -0.351 e. The molecule has 3 N–H and O–H groups in total. The fourth-order valence-electron chi connectivity index (χ4n) is 4.12. The minimum atomic E-state index is -3.51. The van der Waals surface area contributed by atoms with E-state index in [9.17, 15) is 18.0 Å². The molecule has 0 unspecified atom stereocenters. The van der Waals surface area contributed by atoms with Crippen LogP contribution >= 0.6 is 11.6 Å². The number of para-hydroxylation sites is 1. The average molecular weight is 475 g/mol. The number of rotatable bonds is 5. The normalized spacial score (nSPS) is 16.4. The topological polar surface area (TPSA) is 114 Å². The van der Waals surface area contributed by atoms with Gasteiger partial charge in [-0.15, -0.1) is 0 Å². The van der Waals surface area contributed by atoms with Crippen molar-refractivity contribution in [1.82, 2.24) is 9.47 Å². The fourth-order valence-corrected chi connectivity index (χ4v) is 5.79. The first-order valence-electron chi connectivity index (χ1n) is 10.2. The quantitative estimate of drug-likeness (QED) is 0.579. The zero-order valence-corrected chi connectivity index (χ0v) is 18.8. The van der Waals surface area contributed by atoms with Crippen molar-refractivity contribution < 1.29 is 18.0 Å². The van der Waals surface area contributed by atoms with E-state index in [1.807, 2.05) is 6.07 Å². The van der Waals surface area contributed by atoms with Gasteiger partial charge < -0.3 is 16.0 Å². The number of primary amides is 1. The van der Waals surface area contributed by atoms with Gasteiger partial charge in [0.25, 0.3) is 0 Å². The van der Waals surface area contributed by atoms with Crippen LogP contribution in [0.5, 0.6) is 0 Å². The van der Waals surface area contributed by atoms with Gasteiger partial charge in [0.2, 0.25) is 0 Å². The molecule has 8 nitrogen and oxygen atoms in total. The Morgan fingerprint density at radius 3 is 2.69 bits per heavy atom. The molecule has 0 bridgehead atoms. The Kier molecular flexibility index (Phi) is 6.12. The molecule has 1 fully saturated rings. The van der Waals surface area contributed by atoms with Crippen molar-refractivity contribution in [1.29, 1.82) is 0 Å². The number of likely N-dealkylation sites (tertiary alicyclic amines) is 1. The van der Waals surface area contributed by atoms with E-state index in [1.54, 1.807) is 35.2 Å². The largest absolute Gasteiger partial charge is 0.351 e. The Bertz CT molecular complexity index is 1290. The zero-order chi connectivity index (χ0) is 22.9. The molecule has 2 heterocycles. The van der Waals surface area contributed by atoms with Crippen LogP contribution in [0, 0.1) is 0 Å². The second-order valence-electron chi connectivity index (χ2n) is 7.75. The van der Waals surface area contributed by atoms with Crippen LogP contribution in [0.2, 0.25) is 5.02 Å². The van der Waals surface area contributed by atoms with Crippen LogP contribution in [0.3, 0.4) is 0 Å². The number of fused-ring (bicyclic) bond motifs is 1. The summed E-state index contributed by atoms with van der Waals surface area (Å²) < 4.78 is 26.7. The van der Waals surface area contributed by atoms with Crippen LogP contribution in [0.15, 0.2) is 59.6 Å². The molecule has 1 aliphatic rings. The molecule has 3 amide bonds. The number of aromatic nitrogens is 1. The number of anilines is 1. The number of hydrogen-bond acceptors (Lipinski definition) is 4. The molecule has 1 aliphatic heterocycles. The Labute approximate surface area is 190 Å². The molecule has 2 aromatic carbocycles. The highest BCUT2D eigenvalue weighted by Crippen LogP contribution is 2.28. The van der Waals surface area contributed by atoms with Gasteiger partial charge in [0, 0.05) is 29.2 Å². The summed E-state index contributed by atoms with van der Waals surface area (Å²) in [6.07, 6.45) is 3.34. The van der Waals surface area contributed by atoms with E-state index in [0.29, 0.717) is 34.6 Å². The highest BCUT2D eigenvalue weighted by Gasteiger charge is 2.31. The molecular weight excluding hydrogens is 452 g/mol. The molecule has 0 spiro atoms. The molecule has 1 atom stereocenters. The lowest BCUT2D eigenvalue weighted by molar-refractivity contribution is 0.205. The molecular formula is C22H23ClN4O4S. The number of benzene rings is 2. The first-order chi connectivity index (χ1) is 15.3. The summed E-state index contributed by atoms with van der Waals surface area (Å²) in [5.74, 6) is -0.0806. The van der Waals surface area contributed by atoms with Crippen LogP contribution in [-0.2, 0) is 9.84 Å². The maximum absolute atomic E-state index is 13.0. The second kappa shape index (κ2) is 8.84. The molecule has 0 aliphatic carbocycles. The van der Waals surface area contributed by atoms with Crippen LogP contribution < -0.4 is 11.1 Å². The maximum atomic E-state index is 13.0. The van der Waals surface area contributed by atoms with E-state index in [-0.39, 0.29) is 22.7 Å². The van der Waals surface area contributed by atoms with Crippen molar-refractivity contribution in [3.05, 3.63) is 59.8 Å². The van der Waals surface area contributed by atoms with Crippen LogP contribution in [0.1, 0.15) is 19.3 Å². The molecule has 0 saturated carbocycles. The van der Waals surface area contributed by atoms with Gasteiger partial charge in [0.15, 0.2) is 9.84 Å². The first kappa shape index (κ1) is 22.2. The molecule has 3 aromatic rings. The summed E-state index contributed by atoms with van der Waals surface area (Å²) in [6, 6.07) is 12.1. The van der Waals surface area contributed by atoms with E-state index in [1.165, 1.54) is 22.9 Å². The SMILES string of the molecule is NC(=O)n1cc(NC(=O)N2CCC[C@H]2CCS(=O)(=O)c2cccc(Cl)c2)c2ccccc21. The molecule has 4 rings (SSSR count). The first-order valence-corrected chi connectivity index (χ1v) is 12.2. The minimum absolute atomic E-state index is 0.0806. The van der Waals surface area contributed by atoms with Gasteiger partial charge in [-0.3, -0.25) is 4.57 Å². The molecule has 10 heteroatoms. The number of carbonyl (C=O) groups is 2. The number of halogens is 1. The van der Waals surface area contributed by atoms with E-state index in [4.69, 9.17) is 17.3 Å². The summed E-state index contributed by atoms with van der Waals surface area (Å²) in [5, 5.41) is 3.92. The highest BCUT2D eigenvalue weighted by atomic mass is 35.5. The van der Waals surface area contributed by atoms with E-state index >= 15 is 0 Å². The van der Waals surface area contributed by atoms with Crippen molar-refractivity contribution in [2.24, 2.45) is 5.73 Å². The van der Waals surface area contributed by atoms with Crippen molar-refractivity contribution in [3.8, 4) is 0 Å². The Morgan fingerprint density at radius 1 is 1.16 bits per heavy atom. The van der Waals surface area contributed by atoms with Gasteiger partial charge in [0.1, 0.15) is 0 Å². The predicted molar refractivity (Wildman–Crippen MR) is 124 cm³/mol. The van der Waals surface area contributed by atoms with Crippen molar-refractivity contribution in [2.45, 2.75) is 30.2 Å². The maximum Gasteiger partial charge on any atom is 0.323 e. The second-order valence-corrected chi connectivity index (χ2v) is 10.3. The molecule has 32 heavy (non-hydrogen) atoms. The number of nitrogens with zero attached hydrogens (tertiary/aromatic N) is 2. The molecule has 168 valence electrons. The number of sulfone groups is 1. The van der Waals surface area contributed by atoms with Gasteiger partial charge in [-0.1, -0.05) is 35.9 Å². The molecule has 1 saturated heterocycles. The van der Waals surface area contributed by atoms with Crippen LogP contribution in [-0.4, -0.2) is 48.3 Å². The number of urea groups is 1. The Morgan fingerprint density at radius 2 is 1.94 bits per heavy atom. The lowest BCUT2D eigenvalue weighted by Crippen LogP contribution is -2.39. The third-order valence-corrected chi connectivity index (χ3v) is 7.68. The molecule has 1 aromatic heterocycles. The van der Waals surface area contributed by atoms with Gasteiger partial charge in [0.05, 0.1) is 21.9 Å². The Hall–Kier alpha value is -3.04. The van der Waals surface area contributed by atoms with Crippen molar-refractivity contribution in [3.63, 3.8) is 0 Å². The number of nitrogens with one attached hydrogen (secondary N) is 1. The highest BCUT2D eigenvalue weighted by molar-refractivity contribution is 7.91. The third kappa shape index (κ3) is 4.44. The van der Waals surface area contributed by atoms with Crippen LogP contribution in [0.4, 0.5) is 15.3 Å². The van der Waals surface area contributed by atoms with Crippen molar-refractivity contribution in [2.75, 3.05) is 17.6 Å². The lowest BCUT2D eigenvalue weighted by atomic mass is 10.2. The summed E-state index contributed by atoms with van der Waals surface area (Å²) in [5.41, 5.74) is 6.51. The summed E-state index contributed by atoms with van der Waals surface area (Å²) in [4.78, 5) is 26.6. The van der Waals surface area contributed by atoms with E-state index in [0.717, 1.165) is 12.8 Å². The molecule has 0 radical (unpaired) electrons. The van der Waals surface area contributed by atoms with Gasteiger partial charge >= 0.3 is 12.1 Å². The van der Waals surface area contributed by atoms with E-state index < -0.39 is 15.9 Å². The smallest absolute Gasteiger partial charge is 0.323 e. The predicted octanol–water partition coefficient (Wildman–Crippen LogP) is 4.08. The monoisotopic (exact) mass is 474 g/mol. The zero-order valence-electron chi connectivity index (χ0n) is 17.2. The number of carbonyl (C=O) groups excluding carboxylic acids is 2. The number of hydrogen-bond donors (Lipinski definition) is 2. The van der Waals surface area contributed by atoms with Crippen molar-refractivity contribution >= 4 is 50.1 Å². The number of amides is 3. The summed E-state index contributed by atoms with van der Waals surface area (Å²) >= 11 is 5.93. The summed E-state index contributed by atoms with van der Waals surface area (Å²) in [7, 11) is -3.51. The van der Waals surface area contributed by atoms with Gasteiger partial charge in [-0.05, 0) is 43.5 Å². The van der Waals surface area contributed by atoms with E-state index in [2.05, 4.69) is 5.32 Å². The third-order valence-electron chi connectivity index (χ3n) is 5.70. The average Bonchev–Trinajstić information content (AvgIpc) is 3.37.